The zero-order valence-electron chi connectivity index (χ0n) is 15.7. The Morgan fingerprint density at radius 3 is 2.41 bits per heavy atom. The van der Waals surface area contributed by atoms with Gasteiger partial charge < -0.3 is 9.64 Å². The van der Waals surface area contributed by atoms with E-state index in [1.165, 1.54) is 0 Å². The summed E-state index contributed by atoms with van der Waals surface area (Å²) < 4.78 is 5.26. The SMILES string of the molecule is CC(C)(C)N(Cc1ccccc1)C(=O)COC(=O)c1n[nH]c2ccccc12. The molecule has 0 radical (unpaired) electrons. The smallest absolute Gasteiger partial charge is 0.359 e. The second-order valence-electron chi connectivity index (χ2n) is 7.33. The molecule has 1 aromatic heterocycles. The summed E-state index contributed by atoms with van der Waals surface area (Å²) in [5.41, 5.74) is 1.54. The van der Waals surface area contributed by atoms with Crippen molar-refractivity contribution >= 4 is 22.8 Å². The number of aromatic nitrogens is 2. The Kier molecular flexibility index (Phi) is 5.26. The molecule has 6 nitrogen and oxygen atoms in total. The normalized spacial score (nSPS) is 11.4. The molecule has 0 aliphatic rings. The van der Waals surface area contributed by atoms with Gasteiger partial charge in [-0.1, -0.05) is 48.5 Å². The van der Waals surface area contributed by atoms with Crippen molar-refractivity contribution in [1.29, 1.82) is 0 Å². The minimum atomic E-state index is -0.616. The predicted molar refractivity (Wildman–Crippen MR) is 103 cm³/mol. The molecule has 0 bridgehead atoms. The molecule has 0 unspecified atom stereocenters. The number of rotatable bonds is 5. The van der Waals surface area contributed by atoms with Gasteiger partial charge in [0.15, 0.2) is 12.3 Å². The molecule has 1 heterocycles. The van der Waals surface area contributed by atoms with Crippen molar-refractivity contribution in [3.63, 3.8) is 0 Å². The lowest BCUT2D eigenvalue weighted by Crippen LogP contribution is -2.46. The molecule has 3 aromatic rings. The molecular formula is C21H23N3O3. The maximum absolute atomic E-state index is 12.8. The van der Waals surface area contributed by atoms with E-state index in [2.05, 4.69) is 10.2 Å². The minimum Gasteiger partial charge on any atom is -0.451 e. The molecule has 140 valence electrons. The van der Waals surface area contributed by atoms with Crippen LogP contribution in [0.15, 0.2) is 54.6 Å². The third-order valence-corrected chi connectivity index (χ3v) is 4.28. The summed E-state index contributed by atoms with van der Waals surface area (Å²) in [5.74, 6) is -0.867. The summed E-state index contributed by atoms with van der Waals surface area (Å²) in [6, 6.07) is 17.0. The highest BCUT2D eigenvalue weighted by molar-refractivity contribution is 6.02. The van der Waals surface area contributed by atoms with E-state index in [1.54, 1.807) is 11.0 Å². The minimum absolute atomic E-state index is 0.184. The van der Waals surface area contributed by atoms with Gasteiger partial charge in [-0.2, -0.15) is 5.10 Å². The molecule has 0 spiro atoms. The van der Waals surface area contributed by atoms with E-state index < -0.39 is 11.5 Å². The number of para-hydroxylation sites is 1. The summed E-state index contributed by atoms with van der Waals surface area (Å²) in [7, 11) is 0. The molecule has 1 N–H and O–H groups in total. The number of nitrogens with zero attached hydrogens (tertiary/aromatic N) is 2. The standard InChI is InChI=1S/C21H23N3O3/c1-21(2,3)24(13-15-9-5-4-6-10-15)18(25)14-27-20(26)19-16-11-7-8-12-17(16)22-23-19/h4-12H,13-14H2,1-3H3,(H,22,23). The zero-order valence-corrected chi connectivity index (χ0v) is 15.7. The van der Waals surface area contributed by atoms with Gasteiger partial charge in [0, 0.05) is 17.5 Å². The van der Waals surface area contributed by atoms with Gasteiger partial charge >= 0.3 is 5.97 Å². The second kappa shape index (κ2) is 7.61. The Hall–Kier alpha value is -3.15. The summed E-state index contributed by atoms with van der Waals surface area (Å²) in [4.78, 5) is 26.8. The molecule has 0 aliphatic carbocycles. The van der Waals surface area contributed by atoms with Crippen LogP contribution in [0, 0.1) is 0 Å². The van der Waals surface area contributed by atoms with Gasteiger partial charge in [-0.25, -0.2) is 4.79 Å². The number of hydrogen-bond donors (Lipinski definition) is 1. The summed E-state index contributed by atoms with van der Waals surface area (Å²) in [5, 5.41) is 7.47. The molecule has 2 aromatic carbocycles. The van der Waals surface area contributed by atoms with Crippen LogP contribution in [0.4, 0.5) is 0 Å². The molecule has 0 aliphatic heterocycles. The van der Waals surface area contributed by atoms with Crippen LogP contribution in [0.3, 0.4) is 0 Å². The van der Waals surface area contributed by atoms with Crippen molar-refractivity contribution in [2.75, 3.05) is 6.61 Å². The van der Waals surface area contributed by atoms with Gasteiger partial charge in [0.25, 0.3) is 5.91 Å². The first-order chi connectivity index (χ1) is 12.9. The Morgan fingerprint density at radius 1 is 1.04 bits per heavy atom. The van der Waals surface area contributed by atoms with E-state index in [0.29, 0.717) is 11.9 Å². The molecule has 6 heteroatoms. The lowest BCUT2D eigenvalue weighted by atomic mass is 10.0. The van der Waals surface area contributed by atoms with E-state index in [4.69, 9.17) is 4.74 Å². The van der Waals surface area contributed by atoms with Crippen molar-refractivity contribution in [2.24, 2.45) is 0 Å². The van der Waals surface area contributed by atoms with Crippen molar-refractivity contribution in [2.45, 2.75) is 32.9 Å². The maximum Gasteiger partial charge on any atom is 0.359 e. The predicted octanol–water partition coefficient (Wildman–Crippen LogP) is 3.55. The van der Waals surface area contributed by atoms with Gasteiger partial charge in [0.05, 0.1) is 5.52 Å². The maximum atomic E-state index is 12.8. The van der Waals surface area contributed by atoms with Gasteiger partial charge in [-0.3, -0.25) is 9.89 Å². The fourth-order valence-corrected chi connectivity index (χ4v) is 2.86. The van der Waals surface area contributed by atoms with E-state index in [9.17, 15) is 9.59 Å². The first-order valence-electron chi connectivity index (χ1n) is 8.81. The van der Waals surface area contributed by atoms with Crippen LogP contribution >= 0.6 is 0 Å². The first-order valence-corrected chi connectivity index (χ1v) is 8.81. The van der Waals surface area contributed by atoms with E-state index >= 15 is 0 Å². The van der Waals surface area contributed by atoms with E-state index in [-0.39, 0.29) is 18.2 Å². The summed E-state index contributed by atoms with van der Waals surface area (Å²) in [6.45, 7) is 5.99. The summed E-state index contributed by atoms with van der Waals surface area (Å²) >= 11 is 0. The van der Waals surface area contributed by atoms with Gasteiger partial charge in [0.1, 0.15) is 0 Å². The zero-order chi connectivity index (χ0) is 19.4. The number of carbonyl (C=O) groups is 2. The fourth-order valence-electron chi connectivity index (χ4n) is 2.86. The van der Waals surface area contributed by atoms with Crippen LogP contribution in [0.25, 0.3) is 10.9 Å². The number of aromatic amines is 1. The van der Waals surface area contributed by atoms with Crippen LogP contribution in [0.1, 0.15) is 36.8 Å². The molecule has 0 saturated carbocycles. The molecule has 1 amide bonds. The topological polar surface area (TPSA) is 75.3 Å². The average Bonchev–Trinajstić information content (AvgIpc) is 3.08. The van der Waals surface area contributed by atoms with Gasteiger partial charge in [-0.05, 0) is 32.4 Å². The van der Waals surface area contributed by atoms with Crippen LogP contribution < -0.4 is 0 Å². The quantitative estimate of drug-likeness (QED) is 0.702. The monoisotopic (exact) mass is 365 g/mol. The summed E-state index contributed by atoms with van der Waals surface area (Å²) in [6.07, 6.45) is 0. The molecule has 0 saturated heterocycles. The highest BCUT2D eigenvalue weighted by Crippen LogP contribution is 2.19. The highest BCUT2D eigenvalue weighted by Gasteiger charge is 2.28. The number of fused-ring (bicyclic) bond motifs is 1. The number of nitrogens with one attached hydrogen (secondary N) is 1. The molecule has 0 atom stereocenters. The molecule has 27 heavy (non-hydrogen) atoms. The number of ether oxygens (including phenoxy) is 1. The lowest BCUT2D eigenvalue weighted by Gasteiger charge is -2.35. The Balaban J connectivity index is 1.69. The van der Waals surface area contributed by atoms with Gasteiger partial charge in [-0.15, -0.1) is 0 Å². The average molecular weight is 365 g/mol. The Morgan fingerprint density at radius 2 is 1.70 bits per heavy atom. The number of esters is 1. The molecule has 0 fully saturated rings. The van der Waals surface area contributed by atoms with Crippen molar-refractivity contribution in [1.82, 2.24) is 15.1 Å². The highest BCUT2D eigenvalue weighted by atomic mass is 16.5. The molecule has 3 rings (SSSR count). The van der Waals surface area contributed by atoms with E-state index in [1.807, 2.05) is 69.3 Å². The fraction of sp³-hybridized carbons (Fsp3) is 0.286. The van der Waals surface area contributed by atoms with E-state index in [0.717, 1.165) is 11.1 Å². The number of benzene rings is 2. The number of hydrogen-bond acceptors (Lipinski definition) is 4. The third-order valence-electron chi connectivity index (χ3n) is 4.28. The Bertz CT molecular complexity index is 942. The second-order valence-corrected chi connectivity index (χ2v) is 7.33. The van der Waals surface area contributed by atoms with Crippen molar-refractivity contribution in [3.05, 3.63) is 65.9 Å². The number of amides is 1. The van der Waals surface area contributed by atoms with Crippen LogP contribution in [0.2, 0.25) is 0 Å². The third kappa shape index (κ3) is 4.34. The largest absolute Gasteiger partial charge is 0.451 e. The Labute approximate surface area is 158 Å². The lowest BCUT2D eigenvalue weighted by molar-refractivity contribution is -0.140. The first kappa shape index (κ1) is 18.6. The van der Waals surface area contributed by atoms with Crippen LogP contribution in [0.5, 0.6) is 0 Å². The van der Waals surface area contributed by atoms with Crippen LogP contribution in [-0.4, -0.2) is 39.1 Å². The van der Waals surface area contributed by atoms with Crippen molar-refractivity contribution < 1.29 is 14.3 Å². The number of H-pyrrole nitrogens is 1. The molecular weight excluding hydrogens is 342 g/mol. The van der Waals surface area contributed by atoms with Gasteiger partial charge in [0.2, 0.25) is 0 Å². The van der Waals surface area contributed by atoms with Crippen molar-refractivity contribution in [3.8, 4) is 0 Å². The number of carbonyl (C=O) groups excluding carboxylic acids is 2. The van der Waals surface area contributed by atoms with Crippen LogP contribution in [-0.2, 0) is 16.1 Å².